The van der Waals surface area contributed by atoms with Crippen LogP contribution in [0.25, 0.3) is 0 Å². The van der Waals surface area contributed by atoms with Crippen LogP contribution in [0.4, 0.5) is 10.1 Å². The number of nitrogens with zero attached hydrogens (tertiary/aromatic N) is 3. The monoisotopic (exact) mass is 461 g/mol. The minimum atomic E-state index is -0.510. The molecule has 1 aliphatic rings. The number of benzene rings is 2. The lowest BCUT2D eigenvalue weighted by atomic mass is 10.0. The molecule has 1 amide bonds. The quantitative estimate of drug-likeness (QED) is 0.611. The summed E-state index contributed by atoms with van der Waals surface area (Å²) in [7, 11) is 0. The molecule has 28 heavy (non-hydrogen) atoms. The van der Waals surface area contributed by atoms with E-state index >= 15 is 0 Å². The summed E-state index contributed by atoms with van der Waals surface area (Å²) in [6.45, 7) is 3.77. The Morgan fingerprint density at radius 2 is 1.96 bits per heavy atom. The molecule has 9 heteroatoms. The van der Waals surface area contributed by atoms with Crippen LogP contribution in [-0.2, 0) is 4.79 Å². The van der Waals surface area contributed by atoms with Crippen molar-refractivity contribution in [3.05, 3.63) is 69.7 Å². The molecule has 2 atom stereocenters. The zero-order valence-electron chi connectivity index (χ0n) is 15.1. The first kappa shape index (κ1) is 18.9. The van der Waals surface area contributed by atoms with Gasteiger partial charge in [-0.1, -0.05) is 39.8 Å². The molecule has 0 aliphatic carbocycles. The third kappa shape index (κ3) is 3.64. The fraction of sp³-hybridized carbons (Fsp3) is 0.211. The van der Waals surface area contributed by atoms with Gasteiger partial charge in [-0.25, -0.2) is 9.07 Å². The molecule has 3 aromatic rings. The van der Waals surface area contributed by atoms with Crippen LogP contribution in [0.2, 0.25) is 0 Å². The maximum absolute atomic E-state index is 13.4. The Morgan fingerprint density at radius 1 is 1.21 bits per heavy atom. The molecule has 2 N–H and O–H groups in total. The number of rotatable bonds is 3. The van der Waals surface area contributed by atoms with Crippen LogP contribution in [0.1, 0.15) is 23.0 Å². The van der Waals surface area contributed by atoms with Crippen molar-refractivity contribution in [1.82, 2.24) is 14.9 Å². The van der Waals surface area contributed by atoms with Gasteiger partial charge in [-0.05, 0) is 55.3 Å². The average molecular weight is 462 g/mol. The molecule has 1 aromatic heterocycles. The smallest absolute Gasteiger partial charge is 0.240 e. The van der Waals surface area contributed by atoms with Gasteiger partial charge >= 0.3 is 0 Å². The second-order valence-electron chi connectivity index (χ2n) is 6.51. The molecule has 0 radical (unpaired) electrons. The molecule has 0 saturated carbocycles. The van der Waals surface area contributed by atoms with E-state index in [9.17, 15) is 9.18 Å². The third-order valence-corrected chi connectivity index (χ3v) is 6.24. The van der Waals surface area contributed by atoms with Crippen LogP contribution >= 0.6 is 27.7 Å². The van der Waals surface area contributed by atoms with Crippen molar-refractivity contribution in [3.63, 3.8) is 0 Å². The van der Waals surface area contributed by atoms with Gasteiger partial charge < -0.3 is 10.7 Å². The van der Waals surface area contributed by atoms with Crippen molar-refractivity contribution >= 4 is 39.3 Å². The number of hydrogen-bond acceptors (Lipinski definition) is 5. The number of nitrogens with one attached hydrogen (secondary N) is 2. The van der Waals surface area contributed by atoms with E-state index in [0.717, 1.165) is 21.3 Å². The predicted octanol–water partition coefficient (Wildman–Crippen LogP) is 4.19. The summed E-state index contributed by atoms with van der Waals surface area (Å²) in [5.74, 6) is 0.209. The summed E-state index contributed by atoms with van der Waals surface area (Å²) in [6.07, 6.45) is 0. The summed E-state index contributed by atoms with van der Waals surface area (Å²) in [6, 6.07) is 11.5. The lowest BCUT2D eigenvalue weighted by Gasteiger charge is -2.32. The molecule has 4 rings (SSSR count). The van der Waals surface area contributed by atoms with E-state index in [0.29, 0.717) is 11.0 Å². The summed E-state index contributed by atoms with van der Waals surface area (Å²) in [4.78, 5) is 13.2. The normalized spacial score (nSPS) is 18.3. The van der Waals surface area contributed by atoms with Gasteiger partial charge in [0.25, 0.3) is 0 Å². The Balaban J connectivity index is 1.67. The highest BCUT2D eigenvalue weighted by atomic mass is 79.9. The molecule has 2 aromatic carbocycles. The van der Waals surface area contributed by atoms with Gasteiger partial charge in [-0.3, -0.25) is 4.79 Å². The van der Waals surface area contributed by atoms with E-state index in [-0.39, 0.29) is 17.8 Å². The van der Waals surface area contributed by atoms with Gasteiger partial charge in [0, 0.05) is 10.2 Å². The van der Waals surface area contributed by atoms with Crippen LogP contribution in [0.3, 0.4) is 0 Å². The Kier molecular flexibility index (Phi) is 5.11. The number of halogens is 2. The number of amides is 1. The highest BCUT2D eigenvalue weighted by Gasteiger charge is 2.37. The molecular weight excluding hydrogens is 445 g/mol. The summed E-state index contributed by atoms with van der Waals surface area (Å²) < 4.78 is 16.1. The Morgan fingerprint density at radius 3 is 2.68 bits per heavy atom. The first-order valence-electron chi connectivity index (χ1n) is 8.60. The lowest BCUT2D eigenvalue weighted by Crippen LogP contribution is -2.41. The van der Waals surface area contributed by atoms with Gasteiger partial charge in [0.05, 0.1) is 6.04 Å². The van der Waals surface area contributed by atoms with Crippen LogP contribution < -0.4 is 10.7 Å². The topological polar surface area (TPSA) is 71.8 Å². The number of fused-ring (bicyclic) bond motifs is 1. The minimum Gasteiger partial charge on any atom is -0.325 e. The van der Waals surface area contributed by atoms with Crippen molar-refractivity contribution < 1.29 is 9.18 Å². The number of hydrogen-bond donors (Lipinski definition) is 2. The molecule has 1 aliphatic heterocycles. The maximum Gasteiger partial charge on any atom is 0.240 e. The number of carbonyl (C=O) groups excluding carboxylic acids is 1. The molecule has 2 heterocycles. The Labute approximate surface area is 174 Å². The van der Waals surface area contributed by atoms with E-state index in [1.165, 1.54) is 23.9 Å². The fourth-order valence-electron chi connectivity index (χ4n) is 3.05. The van der Waals surface area contributed by atoms with Crippen molar-refractivity contribution in [3.8, 4) is 0 Å². The lowest BCUT2D eigenvalue weighted by molar-refractivity contribution is -0.116. The van der Waals surface area contributed by atoms with Gasteiger partial charge in [-0.2, -0.15) is 0 Å². The molecule has 0 fully saturated rings. The largest absolute Gasteiger partial charge is 0.325 e. The molecular formula is C19H17BrFN5OS. The average Bonchev–Trinajstić information content (AvgIpc) is 3.04. The zero-order chi connectivity index (χ0) is 19.8. The van der Waals surface area contributed by atoms with E-state index < -0.39 is 5.25 Å². The molecule has 0 saturated heterocycles. The number of anilines is 1. The van der Waals surface area contributed by atoms with Crippen LogP contribution in [-0.4, -0.2) is 26.0 Å². The van der Waals surface area contributed by atoms with E-state index in [2.05, 4.69) is 36.9 Å². The standard InChI is InChI=1S/C19H17BrFN5OS/c1-10-9-13(20)5-8-15(10)22-18(27)17-16(12-3-6-14(21)7-4-12)25-26-11(2)23-24-19(26)28-17/h3-9,16-17,25H,1-2H3,(H,22,27)/t16-,17+/m1/s1. The first-order valence-corrected chi connectivity index (χ1v) is 10.3. The number of aryl methyl sites for hydroxylation is 2. The highest BCUT2D eigenvalue weighted by Crippen LogP contribution is 2.37. The number of aromatic nitrogens is 3. The molecule has 0 bridgehead atoms. The second kappa shape index (κ2) is 7.56. The number of carbonyl (C=O) groups is 1. The number of thioether (sulfide) groups is 1. The van der Waals surface area contributed by atoms with E-state index in [4.69, 9.17) is 0 Å². The summed E-state index contributed by atoms with van der Waals surface area (Å²) >= 11 is 4.76. The molecule has 144 valence electrons. The van der Waals surface area contributed by atoms with Crippen molar-refractivity contribution in [2.75, 3.05) is 10.7 Å². The van der Waals surface area contributed by atoms with Crippen LogP contribution in [0.15, 0.2) is 52.1 Å². The van der Waals surface area contributed by atoms with Crippen molar-refractivity contribution in [1.29, 1.82) is 0 Å². The fourth-order valence-corrected chi connectivity index (χ4v) is 4.65. The molecule has 0 spiro atoms. The van der Waals surface area contributed by atoms with Gasteiger partial charge in [0.1, 0.15) is 16.9 Å². The predicted molar refractivity (Wildman–Crippen MR) is 110 cm³/mol. The van der Waals surface area contributed by atoms with Gasteiger partial charge in [-0.15, -0.1) is 10.2 Å². The molecule has 0 unspecified atom stereocenters. The first-order chi connectivity index (χ1) is 13.4. The van der Waals surface area contributed by atoms with Gasteiger partial charge in [0.15, 0.2) is 0 Å². The van der Waals surface area contributed by atoms with Crippen LogP contribution in [0, 0.1) is 19.7 Å². The van der Waals surface area contributed by atoms with Crippen molar-refractivity contribution in [2.45, 2.75) is 30.3 Å². The zero-order valence-corrected chi connectivity index (χ0v) is 17.5. The molecule has 6 nitrogen and oxygen atoms in total. The van der Waals surface area contributed by atoms with Crippen molar-refractivity contribution in [2.24, 2.45) is 0 Å². The Bertz CT molecular complexity index is 1040. The Hall–Kier alpha value is -2.39. The minimum absolute atomic E-state index is 0.163. The second-order valence-corrected chi connectivity index (χ2v) is 8.53. The van der Waals surface area contributed by atoms with Gasteiger partial charge in [0.2, 0.25) is 11.1 Å². The van der Waals surface area contributed by atoms with E-state index in [1.807, 2.05) is 32.0 Å². The summed E-state index contributed by atoms with van der Waals surface area (Å²) in [5, 5.41) is 11.3. The summed E-state index contributed by atoms with van der Waals surface area (Å²) in [5.41, 5.74) is 5.81. The van der Waals surface area contributed by atoms with Crippen LogP contribution in [0.5, 0.6) is 0 Å². The SMILES string of the molecule is Cc1cc(Br)ccc1NC(=O)[C@H]1Sc2nnc(C)n2N[C@@H]1c1ccc(F)cc1. The van der Waals surface area contributed by atoms with E-state index in [1.54, 1.807) is 16.8 Å². The highest BCUT2D eigenvalue weighted by molar-refractivity contribution is 9.10. The maximum atomic E-state index is 13.4. The third-order valence-electron chi connectivity index (χ3n) is 4.53.